The number of amides is 1. The summed E-state index contributed by atoms with van der Waals surface area (Å²) in [5.41, 5.74) is 4.46. The molecule has 5 heteroatoms. The molecule has 0 aromatic rings. The zero-order valence-electron chi connectivity index (χ0n) is 12.7. The van der Waals surface area contributed by atoms with Crippen LogP contribution in [0, 0.1) is 0 Å². The van der Waals surface area contributed by atoms with E-state index in [0.717, 1.165) is 23.7 Å². The standard InChI is InChI=1S/C14H24N4O/c1-7-9(2)15-10(3)8-11(4)18-12(5)14(19)17-16-13(18)6/h8-9,12H,7H2,1-6H3,(H,17,19)/b11-8+,15-10?. The van der Waals surface area contributed by atoms with Crippen LogP contribution >= 0.6 is 0 Å². The van der Waals surface area contributed by atoms with E-state index in [1.165, 1.54) is 0 Å². The molecule has 0 aromatic carbocycles. The van der Waals surface area contributed by atoms with Crippen LogP contribution < -0.4 is 5.43 Å². The van der Waals surface area contributed by atoms with E-state index in [9.17, 15) is 4.79 Å². The van der Waals surface area contributed by atoms with Crippen molar-refractivity contribution in [3.8, 4) is 0 Å². The largest absolute Gasteiger partial charge is 0.320 e. The second-order valence-corrected chi connectivity index (χ2v) is 4.99. The van der Waals surface area contributed by atoms with Crippen molar-refractivity contribution in [3.63, 3.8) is 0 Å². The minimum atomic E-state index is -0.245. The predicted octanol–water partition coefficient (Wildman–Crippen LogP) is 2.30. The van der Waals surface area contributed by atoms with Gasteiger partial charge in [-0.1, -0.05) is 6.92 Å². The van der Waals surface area contributed by atoms with Crippen LogP contribution in [0.25, 0.3) is 0 Å². The number of amidine groups is 1. The number of hydrazone groups is 1. The molecule has 0 aliphatic carbocycles. The van der Waals surface area contributed by atoms with Crippen LogP contribution in [0.15, 0.2) is 21.9 Å². The van der Waals surface area contributed by atoms with Crippen molar-refractivity contribution in [2.75, 3.05) is 0 Å². The van der Waals surface area contributed by atoms with E-state index in [1.54, 1.807) is 0 Å². The third kappa shape index (κ3) is 3.91. The van der Waals surface area contributed by atoms with Crippen molar-refractivity contribution in [1.82, 2.24) is 10.3 Å². The summed E-state index contributed by atoms with van der Waals surface area (Å²) in [7, 11) is 0. The van der Waals surface area contributed by atoms with Gasteiger partial charge in [-0.3, -0.25) is 9.79 Å². The molecule has 0 saturated carbocycles. The number of nitrogens with one attached hydrogen (secondary N) is 1. The van der Waals surface area contributed by atoms with Gasteiger partial charge in [0, 0.05) is 17.5 Å². The quantitative estimate of drug-likeness (QED) is 0.792. The van der Waals surface area contributed by atoms with Crippen LogP contribution in [0.1, 0.15) is 48.0 Å². The van der Waals surface area contributed by atoms with Gasteiger partial charge in [-0.05, 0) is 47.1 Å². The zero-order chi connectivity index (χ0) is 14.6. The van der Waals surface area contributed by atoms with Gasteiger partial charge in [0.25, 0.3) is 5.91 Å². The van der Waals surface area contributed by atoms with Crippen LogP contribution in [0.3, 0.4) is 0 Å². The molecule has 1 amide bonds. The molecule has 0 bridgehead atoms. The lowest BCUT2D eigenvalue weighted by Crippen LogP contribution is -2.50. The minimum Gasteiger partial charge on any atom is -0.320 e. The maximum Gasteiger partial charge on any atom is 0.262 e. The van der Waals surface area contributed by atoms with E-state index < -0.39 is 0 Å². The molecule has 1 rings (SSSR count). The summed E-state index contributed by atoms with van der Waals surface area (Å²) in [4.78, 5) is 18.1. The van der Waals surface area contributed by atoms with Crippen molar-refractivity contribution >= 4 is 17.5 Å². The average Bonchev–Trinajstić information content (AvgIpc) is 2.34. The SMILES string of the molecule is CCC(C)N=C(C)/C=C(\C)N1C(C)=NNC(=O)C1C. The molecule has 1 heterocycles. The number of carbonyl (C=O) groups excluding carboxylic acids is 1. The molecular formula is C14H24N4O. The molecule has 1 N–H and O–H groups in total. The second-order valence-electron chi connectivity index (χ2n) is 4.99. The monoisotopic (exact) mass is 264 g/mol. The average molecular weight is 264 g/mol. The number of aliphatic imine (C=N–C) groups is 1. The third-order valence-corrected chi connectivity index (χ3v) is 3.26. The fraction of sp³-hybridized carbons (Fsp3) is 0.643. The van der Waals surface area contributed by atoms with Crippen LogP contribution in [-0.4, -0.2) is 34.4 Å². The zero-order valence-corrected chi connectivity index (χ0v) is 12.7. The Balaban J connectivity index is 2.95. The summed E-state index contributed by atoms with van der Waals surface area (Å²) < 4.78 is 0. The summed E-state index contributed by atoms with van der Waals surface area (Å²) >= 11 is 0. The van der Waals surface area contributed by atoms with Crippen molar-refractivity contribution in [2.24, 2.45) is 10.1 Å². The van der Waals surface area contributed by atoms with E-state index in [4.69, 9.17) is 0 Å². The van der Waals surface area contributed by atoms with Crippen molar-refractivity contribution in [3.05, 3.63) is 11.8 Å². The Hall–Kier alpha value is -1.65. The van der Waals surface area contributed by atoms with Gasteiger partial charge in [-0.15, -0.1) is 0 Å². The molecule has 0 spiro atoms. The fourth-order valence-corrected chi connectivity index (χ4v) is 2.09. The number of carbonyl (C=O) groups is 1. The van der Waals surface area contributed by atoms with Gasteiger partial charge in [-0.25, -0.2) is 5.43 Å². The normalized spacial score (nSPS) is 23.1. The predicted molar refractivity (Wildman–Crippen MR) is 79.2 cm³/mol. The van der Waals surface area contributed by atoms with Gasteiger partial charge in [0.2, 0.25) is 0 Å². The summed E-state index contributed by atoms with van der Waals surface area (Å²) in [6.07, 6.45) is 3.02. The number of allylic oxidation sites excluding steroid dienone is 2. The number of rotatable bonds is 4. The van der Waals surface area contributed by atoms with Gasteiger partial charge in [0.1, 0.15) is 11.9 Å². The molecule has 19 heavy (non-hydrogen) atoms. The van der Waals surface area contributed by atoms with Gasteiger partial charge in [-0.2, -0.15) is 5.10 Å². The second kappa shape index (κ2) is 6.50. The van der Waals surface area contributed by atoms with Gasteiger partial charge in [0.05, 0.1) is 0 Å². The summed E-state index contributed by atoms with van der Waals surface area (Å²) in [6, 6.07) is 0.0750. The van der Waals surface area contributed by atoms with E-state index >= 15 is 0 Å². The Kier molecular flexibility index (Phi) is 5.27. The van der Waals surface area contributed by atoms with Crippen LogP contribution in [-0.2, 0) is 4.79 Å². The summed E-state index contributed by atoms with van der Waals surface area (Å²) in [6.45, 7) is 11.9. The number of hydrogen-bond acceptors (Lipinski definition) is 4. The molecule has 2 atom stereocenters. The first-order valence-electron chi connectivity index (χ1n) is 6.72. The van der Waals surface area contributed by atoms with E-state index in [1.807, 2.05) is 38.7 Å². The molecule has 0 aromatic heterocycles. The molecule has 1 aliphatic rings. The highest BCUT2D eigenvalue weighted by molar-refractivity contribution is 5.97. The van der Waals surface area contributed by atoms with Gasteiger partial charge >= 0.3 is 0 Å². The fourth-order valence-electron chi connectivity index (χ4n) is 2.09. The van der Waals surface area contributed by atoms with Crippen molar-refractivity contribution in [1.29, 1.82) is 0 Å². The Labute approximate surface area is 115 Å². The number of nitrogens with zero attached hydrogens (tertiary/aromatic N) is 3. The molecule has 0 saturated heterocycles. The Bertz CT molecular complexity index is 437. The van der Waals surface area contributed by atoms with Crippen molar-refractivity contribution in [2.45, 2.75) is 60.0 Å². The van der Waals surface area contributed by atoms with E-state index in [2.05, 4.69) is 29.4 Å². The lowest BCUT2D eigenvalue weighted by Gasteiger charge is -2.33. The highest BCUT2D eigenvalue weighted by Gasteiger charge is 2.27. The maximum absolute atomic E-state index is 11.6. The van der Waals surface area contributed by atoms with E-state index in [-0.39, 0.29) is 11.9 Å². The number of hydrogen-bond donors (Lipinski definition) is 1. The Morgan fingerprint density at radius 2 is 2.21 bits per heavy atom. The topological polar surface area (TPSA) is 57.1 Å². The van der Waals surface area contributed by atoms with Gasteiger partial charge < -0.3 is 4.90 Å². The highest BCUT2D eigenvalue weighted by Crippen LogP contribution is 2.14. The molecule has 2 unspecified atom stereocenters. The molecule has 1 aliphatic heterocycles. The Morgan fingerprint density at radius 1 is 1.58 bits per heavy atom. The molecular weight excluding hydrogens is 240 g/mol. The third-order valence-electron chi connectivity index (χ3n) is 3.26. The first-order valence-corrected chi connectivity index (χ1v) is 6.72. The summed E-state index contributed by atoms with van der Waals surface area (Å²) in [5.74, 6) is 0.701. The van der Waals surface area contributed by atoms with Crippen LogP contribution in [0.2, 0.25) is 0 Å². The first-order chi connectivity index (χ1) is 8.86. The van der Waals surface area contributed by atoms with E-state index in [0.29, 0.717) is 6.04 Å². The first kappa shape index (κ1) is 15.4. The highest BCUT2D eigenvalue weighted by atomic mass is 16.2. The molecule has 0 radical (unpaired) electrons. The molecule has 106 valence electrons. The Morgan fingerprint density at radius 3 is 2.79 bits per heavy atom. The molecule has 0 fully saturated rings. The van der Waals surface area contributed by atoms with Crippen molar-refractivity contribution < 1.29 is 4.79 Å². The van der Waals surface area contributed by atoms with Crippen LogP contribution in [0.4, 0.5) is 0 Å². The van der Waals surface area contributed by atoms with Crippen LogP contribution in [0.5, 0.6) is 0 Å². The van der Waals surface area contributed by atoms with Gasteiger partial charge in [0.15, 0.2) is 0 Å². The minimum absolute atomic E-state index is 0.0881. The lowest BCUT2D eigenvalue weighted by atomic mass is 10.2. The summed E-state index contributed by atoms with van der Waals surface area (Å²) in [5, 5.41) is 4.01. The molecule has 5 nitrogen and oxygen atoms in total. The maximum atomic E-state index is 11.6. The smallest absolute Gasteiger partial charge is 0.262 e. The lowest BCUT2D eigenvalue weighted by molar-refractivity contribution is -0.124.